The molecule has 0 aliphatic heterocycles. The van der Waals surface area contributed by atoms with Gasteiger partial charge < -0.3 is 5.32 Å². The lowest BCUT2D eigenvalue weighted by Gasteiger charge is -2.06. The molecule has 0 unspecified atom stereocenters. The first kappa shape index (κ1) is 13.2. The normalized spacial score (nSPS) is 11.9. The van der Waals surface area contributed by atoms with Crippen LogP contribution < -0.4 is 5.32 Å². The highest BCUT2D eigenvalue weighted by Gasteiger charge is 2.07. The number of benzene rings is 1. The first-order valence-electron chi connectivity index (χ1n) is 5.32. The summed E-state index contributed by atoms with van der Waals surface area (Å²) in [6.07, 6.45) is 0.914. The molecule has 0 aliphatic carbocycles. The summed E-state index contributed by atoms with van der Waals surface area (Å²) in [5.41, 5.74) is 2.25. The van der Waals surface area contributed by atoms with Gasteiger partial charge in [0.1, 0.15) is 0 Å². The molecule has 3 heteroatoms. The van der Waals surface area contributed by atoms with E-state index in [1.165, 1.54) is 0 Å². The monoisotopic (exact) mass is 329 g/mol. The Morgan fingerprint density at radius 1 is 1.31 bits per heavy atom. The van der Waals surface area contributed by atoms with Gasteiger partial charge in [0.2, 0.25) is 0 Å². The summed E-state index contributed by atoms with van der Waals surface area (Å²) < 4.78 is 0.802. The highest BCUT2D eigenvalue weighted by Crippen LogP contribution is 2.15. The van der Waals surface area contributed by atoms with E-state index < -0.39 is 0 Å². The van der Waals surface area contributed by atoms with E-state index in [0.29, 0.717) is 6.54 Å². The van der Waals surface area contributed by atoms with Gasteiger partial charge in [0.15, 0.2) is 0 Å². The Balaban J connectivity index is 2.54. The molecule has 0 bridgehead atoms. The average molecular weight is 329 g/mol. The van der Waals surface area contributed by atoms with Gasteiger partial charge in [0.25, 0.3) is 5.91 Å². The minimum Gasteiger partial charge on any atom is -0.348 e. The van der Waals surface area contributed by atoms with Crippen molar-refractivity contribution in [2.45, 2.75) is 26.8 Å². The smallest absolute Gasteiger partial charge is 0.257 e. The number of carbonyl (C=O) groups is 1. The Morgan fingerprint density at radius 2 is 1.94 bits per heavy atom. The second-order valence-electron chi connectivity index (χ2n) is 3.62. The summed E-state index contributed by atoms with van der Waals surface area (Å²) in [5, 5.41) is 2.91. The predicted molar refractivity (Wildman–Crippen MR) is 75.3 cm³/mol. The van der Waals surface area contributed by atoms with Crippen LogP contribution in [0.4, 0.5) is 0 Å². The molecule has 2 nitrogen and oxygen atoms in total. The summed E-state index contributed by atoms with van der Waals surface area (Å²) in [6.45, 7) is 4.63. The third-order valence-electron chi connectivity index (χ3n) is 2.40. The first-order chi connectivity index (χ1) is 7.65. The highest BCUT2D eigenvalue weighted by molar-refractivity contribution is 14.1. The molecule has 1 amide bonds. The molecule has 1 rings (SSSR count). The van der Waals surface area contributed by atoms with Crippen LogP contribution >= 0.6 is 22.6 Å². The minimum atomic E-state index is 0.0174. The summed E-state index contributed by atoms with van der Waals surface area (Å²) in [4.78, 5) is 11.7. The molecule has 1 aromatic carbocycles. The molecule has 0 fully saturated rings. The van der Waals surface area contributed by atoms with Crippen molar-refractivity contribution in [3.05, 3.63) is 45.0 Å². The Hall–Kier alpha value is -0.840. The minimum absolute atomic E-state index is 0.0174. The van der Waals surface area contributed by atoms with Crippen LogP contribution in [-0.2, 0) is 11.3 Å². The van der Waals surface area contributed by atoms with E-state index in [1.54, 1.807) is 0 Å². The van der Waals surface area contributed by atoms with E-state index in [4.69, 9.17) is 0 Å². The van der Waals surface area contributed by atoms with Crippen LogP contribution in [0.15, 0.2) is 39.5 Å². The molecule has 0 spiro atoms. The first-order valence-corrected chi connectivity index (χ1v) is 6.40. The molecule has 16 heavy (non-hydrogen) atoms. The molecule has 0 heterocycles. The molecule has 0 saturated carbocycles. The van der Waals surface area contributed by atoms with Crippen molar-refractivity contribution in [3.63, 3.8) is 0 Å². The maximum atomic E-state index is 11.7. The lowest BCUT2D eigenvalue weighted by atomic mass is 10.2. The number of rotatable bonds is 4. The van der Waals surface area contributed by atoms with Gasteiger partial charge in [-0.1, -0.05) is 42.8 Å². The number of carbonyl (C=O) groups excluding carboxylic acids is 1. The van der Waals surface area contributed by atoms with Crippen LogP contribution in [0.2, 0.25) is 0 Å². The molecular formula is C13H16INO. The number of hydrogen-bond donors (Lipinski definition) is 1. The zero-order chi connectivity index (χ0) is 12.0. The van der Waals surface area contributed by atoms with Crippen molar-refractivity contribution in [1.82, 2.24) is 5.32 Å². The van der Waals surface area contributed by atoms with Crippen LogP contribution in [0.25, 0.3) is 0 Å². The Morgan fingerprint density at radius 3 is 2.50 bits per heavy atom. The van der Waals surface area contributed by atoms with Gasteiger partial charge in [0, 0.05) is 6.54 Å². The van der Waals surface area contributed by atoms with E-state index >= 15 is 0 Å². The standard InChI is InChI=1S/C13H16INO/c1-3-10(2)12(14)13(16)15-9-11-7-5-4-6-8-11/h4-8H,3,9H2,1-2H3,(H,15,16). The molecule has 0 aromatic heterocycles. The Kier molecular flexibility index (Phi) is 5.52. The molecule has 0 atom stereocenters. The Bertz CT molecular complexity index is 384. The van der Waals surface area contributed by atoms with Crippen molar-refractivity contribution >= 4 is 28.5 Å². The molecule has 0 aliphatic rings. The molecule has 86 valence electrons. The molecule has 1 N–H and O–H groups in total. The van der Waals surface area contributed by atoms with E-state index in [1.807, 2.05) is 37.3 Å². The summed E-state index contributed by atoms with van der Waals surface area (Å²) in [5.74, 6) is 0.0174. The van der Waals surface area contributed by atoms with Crippen LogP contribution in [0.5, 0.6) is 0 Å². The fourth-order valence-corrected chi connectivity index (χ4v) is 1.78. The number of nitrogens with one attached hydrogen (secondary N) is 1. The molecule has 1 aromatic rings. The fraction of sp³-hybridized carbons (Fsp3) is 0.308. The second kappa shape index (κ2) is 6.68. The maximum Gasteiger partial charge on any atom is 0.257 e. The van der Waals surface area contributed by atoms with Crippen LogP contribution in [0.3, 0.4) is 0 Å². The van der Waals surface area contributed by atoms with Gasteiger partial charge in [-0.25, -0.2) is 0 Å². The second-order valence-corrected chi connectivity index (χ2v) is 4.69. The predicted octanol–water partition coefficient (Wildman–Crippen LogP) is 3.42. The number of amides is 1. The summed E-state index contributed by atoms with van der Waals surface area (Å²) in [6, 6.07) is 9.92. The lowest BCUT2D eigenvalue weighted by Crippen LogP contribution is -2.23. The molecule has 0 radical (unpaired) electrons. The van der Waals surface area contributed by atoms with E-state index in [9.17, 15) is 4.79 Å². The number of hydrogen-bond acceptors (Lipinski definition) is 1. The number of halogens is 1. The van der Waals surface area contributed by atoms with Crippen molar-refractivity contribution < 1.29 is 4.79 Å². The Labute approximate surface area is 110 Å². The third-order valence-corrected chi connectivity index (χ3v) is 3.81. The molecular weight excluding hydrogens is 313 g/mol. The van der Waals surface area contributed by atoms with Crippen molar-refractivity contribution in [2.24, 2.45) is 0 Å². The quantitative estimate of drug-likeness (QED) is 0.666. The highest BCUT2D eigenvalue weighted by atomic mass is 127. The zero-order valence-electron chi connectivity index (χ0n) is 9.59. The third kappa shape index (κ3) is 3.96. The SMILES string of the molecule is CCC(C)=C(I)C(=O)NCc1ccccc1. The summed E-state index contributed by atoms with van der Waals surface area (Å²) >= 11 is 2.10. The van der Waals surface area contributed by atoms with Gasteiger partial charge >= 0.3 is 0 Å². The van der Waals surface area contributed by atoms with Crippen molar-refractivity contribution in [1.29, 1.82) is 0 Å². The fourth-order valence-electron chi connectivity index (χ4n) is 1.20. The zero-order valence-corrected chi connectivity index (χ0v) is 11.7. The number of allylic oxidation sites excluding steroid dienone is 1. The van der Waals surface area contributed by atoms with Gasteiger partial charge in [-0.15, -0.1) is 0 Å². The van der Waals surface area contributed by atoms with E-state index in [0.717, 1.165) is 21.1 Å². The van der Waals surface area contributed by atoms with Gasteiger partial charge in [0.05, 0.1) is 3.58 Å². The van der Waals surface area contributed by atoms with Gasteiger partial charge in [-0.2, -0.15) is 0 Å². The van der Waals surface area contributed by atoms with Crippen LogP contribution in [0.1, 0.15) is 25.8 Å². The summed E-state index contributed by atoms with van der Waals surface area (Å²) in [7, 11) is 0. The van der Waals surface area contributed by atoms with Crippen LogP contribution in [-0.4, -0.2) is 5.91 Å². The van der Waals surface area contributed by atoms with E-state index in [-0.39, 0.29) is 5.91 Å². The van der Waals surface area contributed by atoms with Gasteiger partial charge in [-0.05, 0) is 41.5 Å². The van der Waals surface area contributed by atoms with Gasteiger partial charge in [-0.3, -0.25) is 4.79 Å². The topological polar surface area (TPSA) is 29.1 Å². The van der Waals surface area contributed by atoms with Crippen LogP contribution in [0, 0.1) is 0 Å². The maximum absolute atomic E-state index is 11.7. The lowest BCUT2D eigenvalue weighted by molar-refractivity contribution is -0.116. The average Bonchev–Trinajstić information content (AvgIpc) is 2.35. The van der Waals surface area contributed by atoms with E-state index in [2.05, 4.69) is 34.8 Å². The van der Waals surface area contributed by atoms with Crippen molar-refractivity contribution in [2.75, 3.05) is 0 Å². The largest absolute Gasteiger partial charge is 0.348 e. The van der Waals surface area contributed by atoms with Crippen molar-refractivity contribution in [3.8, 4) is 0 Å². The molecule has 0 saturated heterocycles.